The van der Waals surface area contributed by atoms with Crippen molar-refractivity contribution in [2.24, 2.45) is 0 Å². The quantitative estimate of drug-likeness (QED) is 0.736. The molecule has 0 atom stereocenters. The molecular formula is C13H17BrF. The van der Waals surface area contributed by atoms with E-state index in [9.17, 15) is 4.39 Å². The average molecular weight is 272 g/mol. The van der Waals surface area contributed by atoms with Crippen molar-refractivity contribution in [1.82, 2.24) is 0 Å². The lowest BCUT2D eigenvalue weighted by Gasteiger charge is -2.28. The summed E-state index contributed by atoms with van der Waals surface area (Å²) < 4.78 is 13.8. The Hall–Kier alpha value is -0.370. The molecule has 0 fully saturated rings. The van der Waals surface area contributed by atoms with Gasteiger partial charge in [0.15, 0.2) is 0 Å². The van der Waals surface area contributed by atoms with Crippen molar-refractivity contribution in [3.05, 3.63) is 40.0 Å². The second-order valence-electron chi connectivity index (χ2n) is 4.89. The summed E-state index contributed by atoms with van der Waals surface area (Å²) in [5.41, 5.74) is 1.20. The van der Waals surface area contributed by atoms with Crippen molar-refractivity contribution in [1.29, 1.82) is 0 Å². The highest BCUT2D eigenvalue weighted by Gasteiger charge is 2.24. The summed E-state index contributed by atoms with van der Waals surface area (Å²) in [6.45, 7) is 8.61. The lowest BCUT2D eigenvalue weighted by molar-refractivity contribution is 0.488. The number of halogens is 2. The van der Waals surface area contributed by atoms with E-state index >= 15 is 0 Å². The predicted octanol–water partition coefficient (Wildman–Crippen LogP) is 4.87. The molecule has 0 aliphatic carbocycles. The molecule has 0 N–H and O–H groups in total. The van der Waals surface area contributed by atoms with Crippen molar-refractivity contribution in [2.75, 3.05) is 0 Å². The standard InChI is InChI=1S/C13H17BrF/c1-9(2)8-13(3,4)11-6-5-10(15)7-12(11)14/h5-7H,8H2,1-4H3. The van der Waals surface area contributed by atoms with Crippen LogP contribution in [-0.4, -0.2) is 0 Å². The zero-order valence-corrected chi connectivity index (χ0v) is 11.3. The molecule has 0 aliphatic heterocycles. The maximum Gasteiger partial charge on any atom is 0.124 e. The Labute approximate surface area is 100 Å². The Bertz CT molecular complexity index is 342. The highest BCUT2D eigenvalue weighted by molar-refractivity contribution is 9.10. The third kappa shape index (κ3) is 3.30. The Morgan fingerprint density at radius 1 is 1.33 bits per heavy atom. The number of hydrogen-bond acceptors (Lipinski definition) is 0. The molecule has 83 valence electrons. The fraction of sp³-hybridized carbons (Fsp3) is 0.462. The van der Waals surface area contributed by atoms with E-state index in [1.54, 1.807) is 0 Å². The molecule has 0 bridgehead atoms. The minimum Gasteiger partial charge on any atom is -0.207 e. The van der Waals surface area contributed by atoms with Crippen LogP contribution in [0, 0.1) is 11.7 Å². The molecule has 2 heteroatoms. The average Bonchev–Trinajstić information content (AvgIpc) is 1.99. The van der Waals surface area contributed by atoms with Gasteiger partial charge in [0.05, 0.1) is 0 Å². The second kappa shape index (κ2) is 4.65. The van der Waals surface area contributed by atoms with Crippen molar-refractivity contribution in [3.8, 4) is 0 Å². The van der Waals surface area contributed by atoms with Gasteiger partial charge in [-0.15, -0.1) is 0 Å². The molecule has 1 aromatic carbocycles. The van der Waals surface area contributed by atoms with E-state index in [0.29, 0.717) is 0 Å². The summed E-state index contributed by atoms with van der Waals surface area (Å²) in [6.07, 6.45) is 1.01. The molecule has 0 aliphatic rings. The van der Waals surface area contributed by atoms with E-state index in [0.717, 1.165) is 16.5 Å². The largest absolute Gasteiger partial charge is 0.207 e. The zero-order valence-electron chi connectivity index (χ0n) is 9.70. The molecule has 0 spiro atoms. The first kappa shape index (κ1) is 12.7. The summed E-state index contributed by atoms with van der Waals surface area (Å²) in [4.78, 5) is 0. The topological polar surface area (TPSA) is 0 Å². The third-order valence-electron chi connectivity index (χ3n) is 2.46. The van der Waals surface area contributed by atoms with Gasteiger partial charge in [0.1, 0.15) is 5.82 Å². The molecule has 0 saturated heterocycles. The summed E-state index contributed by atoms with van der Waals surface area (Å²) in [6, 6.07) is 4.91. The van der Waals surface area contributed by atoms with Crippen molar-refractivity contribution < 1.29 is 4.39 Å². The van der Waals surface area contributed by atoms with Crippen LogP contribution in [0.4, 0.5) is 4.39 Å². The van der Waals surface area contributed by atoms with E-state index in [-0.39, 0.29) is 11.2 Å². The molecule has 1 radical (unpaired) electrons. The lowest BCUT2D eigenvalue weighted by Crippen LogP contribution is -2.19. The maximum absolute atomic E-state index is 13.0. The number of rotatable bonds is 3. The van der Waals surface area contributed by atoms with Gasteiger partial charge in [0, 0.05) is 4.47 Å². The van der Waals surface area contributed by atoms with Gasteiger partial charge >= 0.3 is 0 Å². The van der Waals surface area contributed by atoms with E-state index < -0.39 is 0 Å². The van der Waals surface area contributed by atoms with Gasteiger partial charge < -0.3 is 0 Å². The molecule has 0 unspecified atom stereocenters. The maximum atomic E-state index is 13.0. The van der Waals surface area contributed by atoms with Gasteiger partial charge in [-0.2, -0.15) is 0 Å². The molecule has 0 amide bonds. The fourth-order valence-corrected chi connectivity index (χ4v) is 2.90. The van der Waals surface area contributed by atoms with Gasteiger partial charge in [-0.3, -0.25) is 0 Å². The van der Waals surface area contributed by atoms with Gasteiger partial charge in [-0.25, -0.2) is 4.39 Å². The van der Waals surface area contributed by atoms with Gasteiger partial charge in [-0.1, -0.05) is 49.7 Å². The molecule has 0 heterocycles. The summed E-state index contributed by atoms with van der Waals surface area (Å²) in [5, 5.41) is 0. The fourth-order valence-electron chi connectivity index (χ4n) is 2.02. The number of hydrogen-bond donors (Lipinski definition) is 0. The second-order valence-corrected chi connectivity index (χ2v) is 5.75. The molecule has 0 nitrogen and oxygen atoms in total. The van der Waals surface area contributed by atoms with Crippen LogP contribution < -0.4 is 0 Å². The summed E-state index contributed by atoms with van der Waals surface area (Å²) in [7, 11) is 0. The van der Waals surface area contributed by atoms with Crippen LogP contribution in [0.5, 0.6) is 0 Å². The van der Waals surface area contributed by atoms with E-state index in [2.05, 4.69) is 43.6 Å². The van der Waals surface area contributed by atoms with Crippen LogP contribution >= 0.6 is 15.9 Å². The van der Waals surface area contributed by atoms with Crippen LogP contribution in [0.15, 0.2) is 22.7 Å². The third-order valence-corrected chi connectivity index (χ3v) is 3.11. The van der Waals surface area contributed by atoms with Crippen molar-refractivity contribution >= 4 is 15.9 Å². The minimum atomic E-state index is -0.196. The van der Waals surface area contributed by atoms with E-state index in [4.69, 9.17) is 0 Å². The first-order valence-corrected chi connectivity index (χ1v) is 5.87. The molecule has 1 aromatic rings. The van der Waals surface area contributed by atoms with Crippen molar-refractivity contribution in [3.63, 3.8) is 0 Å². The van der Waals surface area contributed by atoms with Gasteiger partial charge in [0.2, 0.25) is 0 Å². The normalized spacial score (nSPS) is 12.2. The Morgan fingerprint density at radius 3 is 2.40 bits per heavy atom. The molecule has 0 saturated carbocycles. The van der Waals surface area contributed by atoms with Crippen molar-refractivity contribution in [2.45, 2.75) is 39.5 Å². The van der Waals surface area contributed by atoms with Gasteiger partial charge in [0.25, 0.3) is 0 Å². The van der Waals surface area contributed by atoms with E-state index in [1.165, 1.54) is 18.1 Å². The lowest BCUT2D eigenvalue weighted by atomic mass is 9.78. The zero-order chi connectivity index (χ0) is 11.6. The number of benzene rings is 1. The van der Waals surface area contributed by atoms with Crippen LogP contribution in [0.3, 0.4) is 0 Å². The summed E-state index contributed by atoms with van der Waals surface area (Å²) in [5.74, 6) is 1.19. The Balaban J connectivity index is 3.04. The highest BCUT2D eigenvalue weighted by Crippen LogP contribution is 2.35. The minimum absolute atomic E-state index is 0.0470. The monoisotopic (exact) mass is 271 g/mol. The Kier molecular flexibility index (Phi) is 3.93. The first-order chi connectivity index (χ1) is 6.83. The highest BCUT2D eigenvalue weighted by atomic mass is 79.9. The smallest absolute Gasteiger partial charge is 0.124 e. The Morgan fingerprint density at radius 2 is 1.93 bits per heavy atom. The van der Waals surface area contributed by atoms with Crippen LogP contribution in [-0.2, 0) is 5.41 Å². The van der Waals surface area contributed by atoms with Crippen LogP contribution in [0.2, 0.25) is 0 Å². The van der Waals surface area contributed by atoms with Gasteiger partial charge in [-0.05, 0) is 35.4 Å². The summed E-state index contributed by atoms with van der Waals surface area (Å²) >= 11 is 3.42. The first-order valence-electron chi connectivity index (χ1n) is 5.07. The molecule has 15 heavy (non-hydrogen) atoms. The van der Waals surface area contributed by atoms with E-state index in [1.807, 2.05) is 6.07 Å². The van der Waals surface area contributed by atoms with Crippen LogP contribution in [0.25, 0.3) is 0 Å². The SMILES string of the molecule is C[C](C)CC(C)(C)c1ccc(F)cc1Br. The molecular weight excluding hydrogens is 255 g/mol. The molecule has 0 aromatic heterocycles. The van der Waals surface area contributed by atoms with Crippen LogP contribution in [0.1, 0.15) is 39.7 Å². The predicted molar refractivity (Wildman–Crippen MR) is 66.3 cm³/mol. The molecule has 1 rings (SSSR count).